The summed E-state index contributed by atoms with van der Waals surface area (Å²) in [5, 5.41) is 4.25. The van der Waals surface area contributed by atoms with Gasteiger partial charge in [-0.25, -0.2) is 8.78 Å². The number of aromatic nitrogens is 2. The highest BCUT2D eigenvalue weighted by Crippen LogP contribution is 2.22. The first-order valence-electron chi connectivity index (χ1n) is 8.48. The van der Waals surface area contributed by atoms with Gasteiger partial charge in [-0.15, -0.1) is 0 Å². The van der Waals surface area contributed by atoms with Crippen molar-refractivity contribution in [3.05, 3.63) is 48.3 Å². The van der Waals surface area contributed by atoms with E-state index in [9.17, 15) is 13.6 Å². The number of hydrogen-bond donors (Lipinski definition) is 0. The lowest BCUT2D eigenvalue weighted by Gasteiger charge is -2.33. The van der Waals surface area contributed by atoms with Gasteiger partial charge in [0.1, 0.15) is 5.82 Å². The summed E-state index contributed by atoms with van der Waals surface area (Å²) in [5.74, 6) is -1.30. The summed E-state index contributed by atoms with van der Waals surface area (Å²) in [6.45, 7) is 1.63. The zero-order chi connectivity index (χ0) is 17.6. The van der Waals surface area contributed by atoms with E-state index in [4.69, 9.17) is 4.74 Å². The Hall–Kier alpha value is -2.44. The number of likely N-dealkylation sites (tertiary alicyclic amines) is 1. The molecule has 2 heterocycles. The van der Waals surface area contributed by atoms with Crippen LogP contribution in [0, 0.1) is 11.6 Å². The standard InChI is InChI=1S/C18H21F2N3O2/c19-14-6-7-17(16(20)12-14)25-11-2-5-18(24)22-9-1-4-15(13-22)23-10-3-8-21-23/h3,6-8,10,12,15H,1-2,4-5,9,11,13H2/t15-/m0/s1. The molecule has 0 saturated carbocycles. The summed E-state index contributed by atoms with van der Waals surface area (Å²) in [4.78, 5) is 14.2. The molecule has 1 aromatic heterocycles. The fourth-order valence-electron chi connectivity index (χ4n) is 3.05. The molecule has 2 aromatic rings. The Morgan fingerprint density at radius 1 is 1.36 bits per heavy atom. The lowest BCUT2D eigenvalue weighted by molar-refractivity contribution is -0.133. The monoisotopic (exact) mass is 349 g/mol. The van der Waals surface area contributed by atoms with Crippen molar-refractivity contribution in [2.75, 3.05) is 19.7 Å². The number of hydrogen-bond acceptors (Lipinski definition) is 3. The molecule has 0 radical (unpaired) electrons. The largest absolute Gasteiger partial charge is 0.491 e. The van der Waals surface area contributed by atoms with Crippen molar-refractivity contribution in [1.82, 2.24) is 14.7 Å². The normalized spacial score (nSPS) is 17.5. The molecule has 3 rings (SSSR count). The van der Waals surface area contributed by atoms with Gasteiger partial charge in [0.2, 0.25) is 5.91 Å². The molecular formula is C18H21F2N3O2. The van der Waals surface area contributed by atoms with Crippen LogP contribution < -0.4 is 4.74 Å². The molecule has 1 aliphatic rings. The Kier molecular flexibility index (Phi) is 5.63. The molecule has 0 unspecified atom stereocenters. The molecule has 0 N–H and O–H groups in total. The van der Waals surface area contributed by atoms with Crippen molar-refractivity contribution in [1.29, 1.82) is 0 Å². The van der Waals surface area contributed by atoms with Gasteiger partial charge in [0, 0.05) is 38.0 Å². The van der Waals surface area contributed by atoms with Crippen molar-refractivity contribution in [2.45, 2.75) is 31.7 Å². The Labute approximate surface area is 145 Å². The summed E-state index contributed by atoms with van der Waals surface area (Å²) in [5.41, 5.74) is 0. The molecule has 25 heavy (non-hydrogen) atoms. The van der Waals surface area contributed by atoms with E-state index in [1.165, 1.54) is 6.07 Å². The highest BCUT2D eigenvalue weighted by Gasteiger charge is 2.24. The van der Waals surface area contributed by atoms with Gasteiger partial charge in [0.05, 0.1) is 12.6 Å². The molecular weight excluding hydrogens is 328 g/mol. The maximum atomic E-state index is 13.5. The van der Waals surface area contributed by atoms with Crippen LogP contribution in [0.1, 0.15) is 31.7 Å². The van der Waals surface area contributed by atoms with Gasteiger partial charge in [0.15, 0.2) is 11.6 Å². The molecule has 0 aliphatic carbocycles. The minimum atomic E-state index is -0.732. The Balaban J connectivity index is 1.43. The van der Waals surface area contributed by atoms with Gasteiger partial charge in [0.25, 0.3) is 0 Å². The van der Waals surface area contributed by atoms with E-state index in [1.807, 2.05) is 21.8 Å². The quantitative estimate of drug-likeness (QED) is 0.753. The van der Waals surface area contributed by atoms with Crippen LogP contribution >= 0.6 is 0 Å². The van der Waals surface area contributed by atoms with Gasteiger partial charge in [-0.05, 0) is 37.5 Å². The molecule has 1 aliphatic heterocycles. The number of benzene rings is 1. The van der Waals surface area contributed by atoms with Crippen LogP contribution in [0.5, 0.6) is 5.75 Å². The average molecular weight is 349 g/mol. The fourth-order valence-corrected chi connectivity index (χ4v) is 3.05. The van der Waals surface area contributed by atoms with Gasteiger partial charge < -0.3 is 9.64 Å². The smallest absolute Gasteiger partial charge is 0.222 e. The molecule has 7 heteroatoms. The minimum absolute atomic E-state index is 0.00516. The van der Waals surface area contributed by atoms with Gasteiger partial charge >= 0.3 is 0 Å². The van der Waals surface area contributed by atoms with Crippen molar-refractivity contribution in [3.8, 4) is 5.75 Å². The van der Waals surface area contributed by atoms with Crippen LogP contribution in [-0.4, -0.2) is 40.3 Å². The summed E-state index contributed by atoms with van der Waals surface area (Å²) in [7, 11) is 0. The number of carbonyl (C=O) groups is 1. The third-order valence-corrected chi connectivity index (χ3v) is 4.33. The van der Waals surface area contributed by atoms with Crippen molar-refractivity contribution in [3.63, 3.8) is 0 Å². The van der Waals surface area contributed by atoms with Crippen LogP contribution in [0.4, 0.5) is 8.78 Å². The average Bonchev–Trinajstić information content (AvgIpc) is 3.15. The minimum Gasteiger partial charge on any atom is -0.491 e. The number of rotatable bonds is 6. The van der Waals surface area contributed by atoms with E-state index in [0.717, 1.165) is 31.5 Å². The molecule has 1 fully saturated rings. The SMILES string of the molecule is O=C(CCCOc1ccc(F)cc1F)N1CCC[C@H](n2cccn2)C1. The molecule has 1 atom stereocenters. The predicted molar refractivity (Wildman–Crippen MR) is 88.2 cm³/mol. The number of halogens is 2. The molecule has 0 bridgehead atoms. The Bertz CT molecular complexity index is 706. The van der Waals surface area contributed by atoms with Crippen molar-refractivity contribution < 1.29 is 18.3 Å². The maximum absolute atomic E-state index is 13.5. The number of ether oxygens (including phenoxy) is 1. The topological polar surface area (TPSA) is 47.4 Å². The summed E-state index contributed by atoms with van der Waals surface area (Å²) in [6.07, 6.45) is 6.45. The molecule has 0 spiro atoms. The third kappa shape index (κ3) is 4.55. The van der Waals surface area contributed by atoms with E-state index in [2.05, 4.69) is 5.10 Å². The van der Waals surface area contributed by atoms with E-state index in [1.54, 1.807) is 6.20 Å². The van der Waals surface area contributed by atoms with E-state index in [-0.39, 0.29) is 24.3 Å². The van der Waals surface area contributed by atoms with Gasteiger partial charge in [-0.1, -0.05) is 0 Å². The van der Waals surface area contributed by atoms with Crippen molar-refractivity contribution >= 4 is 5.91 Å². The lowest BCUT2D eigenvalue weighted by Crippen LogP contribution is -2.40. The zero-order valence-corrected chi connectivity index (χ0v) is 13.9. The Morgan fingerprint density at radius 2 is 2.24 bits per heavy atom. The molecule has 1 amide bonds. The van der Waals surface area contributed by atoms with Crippen molar-refractivity contribution in [2.24, 2.45) is 0 Å². The highest BCUT2D eigenvalue weighted by atomic mass is 19.1. The molecule has 1 saturated heterocycles. The first kappa shape index (κ1) is 17.4. The molecule has 1 aromatic carbocycles. The highest BCUT2D eigenvalue weighted by molar-refractivity contribution is 5.76. The van der Waals surface area contributed by atoms with E-state index >= 15 is 0 Å². The molecule has 5 nitrogen and oxygen atoms in total. The number of carbonyl (C=O) groups excluding carboxylic acids is 1. The van der Waals surface area contributed by atoms with Crippen LogP contribution in [0.3, 0.4) is 0 Å². The van der Waals surface area contributed by atoms with E-state index < -0.39 is 11.6 Å². The van der Waals surface area contributed by atoms with Gasteiger partial charge in [-0.3, -0.25) is 9.48 Å². The van der Waals surface area contributed by atoms with Crippen LogP contribution in [0.2, 0.25) is 0 Å². The Morgan fingerprint density at radius 3 is 3.00 bits per heavy atom. The molecule has 134 valence electrons. The van der Waals surface area contributed by atoms with Crippen LogP contribution in [-0.2, 0) is 4.79 Å². The number of nitrogens with zero attached hydrogens (tertiary/aromatic N) is 3. The summed E-state index contributed by atoms with van der Waals surface area (Å²) < 4.78 is 33.5. The first-order chi connectivity index (χ1) is 12.1. The summed E-state index contributed by atoms with van der Waals surface area (Å²) >= 11 is 0. The second-order valence-electron chi connectivity index (χ2n) is 6.15. The maximum Gasteiger partial charge on any atom is 0.222 e. The first-order valence-corrected chi connectivity index (χ1v) is 8.48. The third-order valence-electron chi connectivity index (χ3n) is 4.33. The number of piperidine rings is 1. The van der Waals surface area contributed by atoms with E-state index in [0.29, 0.717) is 19.4 Å². The van der Waals surface area contributed by atoms with Crippen LogP contribution in [0.15, 0.2) is 36.7 Å². The van der Waals surface area contributed by atoms with Crippen LogP contribution in [0.25, 0.3) is 0 Å². The second kappa shape index (κ2) is 8.09. The fraction of sp³-hybridized carbons (Fsp3) is 0.444. The summed E-state index contributed by atoms with van der Waals surface area (Å²) in [6, 6.07) is 5.28. The zero-order valence-electron chi connectivity index (χ0n) is 13.9. The number of amides is 1. The lowest BCUT2D eigenvalue weighted by atomic mass is 10.1. The second-order valence-corrected chi connectivity index (χ2v) is 6.15. The van der Waals surface area contributed by atoms with Gasteiger partial charge in [-0.2, -0.15) is 5.10 Å². The predicted octanol–water partition coefficient (Wildman–Crippen LogP) is 3.18.